The second kappa shape index (κ2) is 8.17. The molecule has 0 rings (SSSR count). The molecule has 14 heavy (non-hydrogen) atoms. The molecule has 0 aliphatic carbocycles. The molecule has 3 atom stereocenters. The third-order valence-electron chi connectivity index (χ3n) is 1.76. The van der Waals surface area contributed by atoms with Crippen LogP contribution in [0.5, 0.6) is 0 Å². The van der Waals surface area contributed by atoms with Crippen molar-refractivity contribution in [2.75, 3.05) is 13.7 Å². The minimum absolute atomic E-state index is 0.228. The summed E-state index contributed by atoms with van der Waals surface area (Å²) >= 11 is 0. The summed E-state index contributed by atoms with van der Waals surface area (Å²) in [4.78, 5) is 0. The molecule has 0 aromatic rings. The maximum Gasteiger partial charge on any atom is 0.160 e. The lowest BCUT2D eigenvalue weighted by molar-refractivity contribution is -0.243. The number of aliphatic hydroxyl groups is 1. The van der Waals surface area contributed by atoms with Gasteiger partial charge in [0.05, 0.1) is 12.7 Å². The van der Waals surface area contributed by atoms with E-state index < -0.39 is 6.10 Å². The minimum Gasteiger partial charge on any atom is -0.391 e. The van der Waals surface area contributed by atoms with E-state index in [-0.39, 0.29) is 12.6 Å². The van der Waals surface area contributed by atoms with Gasteiger partial charge in [-0.25, -0.2) is 0 Å². The standard InChI is InChI=1S/C10H22O4/c1-5-9(12-4)14-10(6-2)13-7-8(3)11/h8-11H,5-7H2,1-4H3. The predicted molar refractivity (Wildman–Crippen MR) is 53.9 cm³/mol. The van der Waals surface area contributed by atoms with Crippen LogP contribution in [0.1, 0.15) is 33.6 Å². The van der Waals surface area contributed by atoms with E-state index in [1.54, 1.807) is 14.0 Å². The van der Waals surface area contributed by atoms with E-state index in [2.05, 4.69) is 0 Å². The van der Waals surface area contributed by atoms with Crippen LogP contribution in [0.2, 0.25) is 0 Å². The van der Waals surface area contributed by atoms with Gasteiger partial charge in [0.15, 0.2) is 12.6 Å². The van der Waals surface area contributed by atoms with E-state index >= 15 is 0 Å². The molecule has 86 valence electrons. The molecular weight excluding hydrogens is 184 g/mol. The molecule has 0 aliphatic heterocycles. The fourth-order valence-corrected chi connectivity index (χ4v) is 0.988. The van der Waals surface area contributed by atoms with Gasteiger partial charge in [0.1, 0.15) is 0 Å². The van der Waals surface area contributed by atoms with Crippen molar-refractivity contribution in [2.24, 2.45) is 0 Å². The molecule has 0 fully saturated rings. The number of rotatable bonds is 8. The van der Waals surface area contributed by atoms with E-state index in [1.807, 2.05) is 13.8 Å². The number of methoxy groups -OCH3 is 1. The van der Waals surface area contributed by atoms with E-state index in [0.717, 1.165) is 12.8 Å². The Bertz CT molecular complexity index is 123. The Kier molecular flexibility index (Phi) is 8.08. The van der Waals surface area contributed by atoms with Crippen LogP contribution >= 0.6 is 0 Å². The predicted octanol–water partition coefficient (Wildman–Crippen LogP) is 1.52. The van der Waals surface area contributed by atoms with Gasteiger partial charge in [-0.1, -0.05) is 13.8 Å². The van der Waals surface area contributed by atoms with Gasteiger partial charge in [0.25, 0.3) is 0 Å². The molecule has 0 radical (unpaired) electrons. The van der Waals surface area contributed by atoms with Gasteiger partial charge in [-0.3, -0.25) is 0 Å². The van der Waals surface area contributed by atoms with Crippen LogP contribution in [0.3, 0.4) is 0 Å². The Balaban J connectivity index is 3.76. The summed E-state index contributed by atoms with van der Waals surface area (Å²) in [6.45, 7) is 5.92. The second-order valence-electron chi connectivity index (χ2n) is 3.23. The molecule has 0 aromatic carbocycles. The average molecular weight is 206 g/mol. The van der Waals surface area contributed by atoms with E-state index in [0.29, 0.717) is 6.61 Å². The Morgan fingerprint density at radius 2 is 1.71 bits per heavy atom. The van der Waals surface area contributed by atoms with E-state index in [1.165, 1.54) is 0 Å². The lowest BCUT2D eigenvalue weighted by atomic mass is 10.4. The molecule has 4 nitrogen and oxygen atoms in total. The first-order chi connectivity index (χ1) is 6.63. The van der Waals surface area contributed by atoms with Gasteiger partial charge in [-0.15, -0.1) is 0 Å². The zero-order chi connectivity index (χ0) is 11.0. The summed E-state index contributed by atoms with van der Waals surface area (Å²) in [7, 11) is 1.61. The van der Waals surface area contributed by atoms with Crippen LogP contribution in [0.25, 0.3) is 0 Å². The van der Waals surface area contributed by atoms with Crippen molar-refractivity contribution >= 4 is 0 Å². The Morgan fingerprint density at radius 3 is 2.07 bits per heavy atom. The Labute approximate surface area is 86.2 Å². The van der Waals surface area contributed by atoms with Crippen LogP contribution in [0.4, 0.5) is 0 Å². The first-order valence-corrected chi connectivity index (χ1v) is 5.11. The van der Waals surface area contributed by atoms with Gasteiger partial charge >= 0.3 is 0 Å². The monoisotopic (exact) mass is 206 g/mol. The molecule has 0 heterocycles. The normalized spacial score (nSPS) is 17.8. The van der Waals surface area contributed by atoms with Crippen molar-refractivity contribution < 1.29 is 19.3 Å². The zero-order valence-electron chi connectivity index (χ0n) is 9.53. The lowest BCUT2D eigenvalue weighted by Crippen LogP contribution is -2.27. The highest BCUT2D eigenvalue weighted by Gasteiger charge is 2.14. The van der Waals surface area contributed by atoms with Crippen molar-refractivity contribution in [2.45, 2.75) is 52.3 Å². The summed E-state index contributed by atoms with van der Waals surface area (Å²) in [6.07, 6.45) is 0.538. The first kappa shape index (κ1) is 13.8. The summed E-state index contributed by atoms with van der Waals surface area (Å²) in [5.74, 6) is 0. The molecule has 0 aromatic heterocycles. The van der Waals surface area contributed by atoms with E-state index in [9.17, 15) is 0 Å². The Hall–Kier alpha value is -0.160. The first-order valence-electron chi connectivity index (χ1n) is 5.11. The molecular formula is C10H22O4. The fourth-order valence-electron chi connectivity index (χ4n) is 0.988. The fraction of sp³-hybridized carbons (Fsp3) is 1.00. The quantitative estimate of drug-likeness (QED) is 0.612. The maximum atomic E-state index is 9.03. The smallest absolute Gasteiger partial charge is 0.160 e. The molecule has 1 N–H and O–H groups in total. The highest BCUT2D eigenvalue weighted by Crippen LogP contribution is 2.08. The van der Waals surface area contributed by atoms with Crippen molar-refractivity contribution in [3.05, 3.63) is 0 Å². The van der Waals surface area contributed by atoms with Crippen molar-refractivity contribution in [3.8, 4) is 0 Å². The highest BCUT2D eigenvalue weighted by atomic mass is 16.8. The molecule has 0 amide bonds. The topological polar surface area (TPSA) is 47.9 Å². The highest BCUT2D eigenvalue weighted by molar-refractivity contribution is 4.48. The van der Waals surface area contributed by atoms with Crippen molar-refractivity contribution in [1.82, 2.24) is 0 Å². The number of aliphatic hydroxyl groups excluding tert-OH is 1. The summed E-state index contributed by atoms with van der Waals surface area (Å²) in [5, 5.41) is 9.03. The van der Waals surface area contributed by atoms with Crippen molar-refractivity contribution in [1.29, 1.82) is 0 Å². The Morgan fingerprint density at radius 1 is 1.14 bits per heavy atom. The van der Waals surface area contributed by atoms with Gasteiger partial charge in [-0.2, -0.15) is 0 Å². The third kappa shape index (κ3) is 6.32. The van der Waals surface area contributed by atoms with E-state index in [4.69, 9.17) is 19.3 Å². The summed E-state index contributed by atoms with van der Waals surface area (Å²) in [6, 6.07) is 0. The van der Waals surface area contributed by atoms with Gasteiger partial charge in [-0.05, 0) is 19.8 Å². The number of ether oxygens (including phenoxy) is 3. The van der Waals surface area contributed by atoms with Crippen LogP contribution in [0, 0.1) is 0 Å². The molecule has 0 aliphatic rings. The largest absolute Gasteiger partial charge is 0.391 e. The molecule has 0 spiro atoms. The molecule has 0 saturated heterocycles. The molecule has 3 unspecified atom stereocenters. The summed E-state index contributed by atoms with van der Waals surface area (Å²) < 4.78 is 15.9. The molecule has 0 saturated carbocycles. The second-order valence-corrected chi connectivity index (χ2v) is 3.23. The van der Waals surface area contributed by atoms with Crippen LogP contribution in [0.15, 0.2) is 0 Å². The molecule has 4 heteroatoms. The van der Waals surface area contributed by atoms with Crippen LogP contribution < -0.4 is 0 Å². The third-order valence-corrected chi connectivity index (χ3v) is 1.76. The average Bonchev–Trinajstić information content (AvgIpc) is 2.18. The van der Waals surface area contributed by atoms with Crippen molar-refractivity contribution in [3.63, 3.8) is 0 Å². The molecule has 0 bridgehead atoms. The zero-order valence-corrected chi connectivity index (χ0v) is 9.53. The summed E-state index contributed by atoms with van der Waals surface area (Å²) in [5.41, 5.74) is 0. The van der Waals surface area contributed by atoms with Gasteiger partial charge < -0.3 is 19.3 Å². The SMILES string of the molecule is CCC(OC)OC(CC)OCC(C)O. The van der Waals surface area contributed by atoms with Gasteiger partial charge in [0, 0.05) is 7.11 Å². The van der Waals surface area contributed by atoms with Gasteiger partial charge in [0.2, 0.25) is 0 Å². The minimum atomic E-state index is -0.463. The number of hydrogen-bond acceptors (Lipinski definition) is 4. The number of hydrogen-bond donors (Lipinski definition) is 1. The maximum absolute atomic E-state index is 9.03. The van der Waals surface area contributed by atoms with Crippen LogP contribution in [-0.4, -0.2) is 37.5 Å². The lowest BCUT2D eigenvalue weighted by Gasteiger charge is -2.22. The van der Waals surface area contributed by atoms with Crippen LogP contribution in [-0.2, 0) is 14.2 Å².